The van der Waals surface area contributed by atoms with Crippen molar-refractivity contribution in [1.82, 2.24) is 15.5 Å². The first-order chi connectivity index (χ1) is 9.17. The molecule has 8 heteroatoms. The van der Waals surface area contributed by atoms with Gasteiger partial charge in [-0.25, -0.2) is 4.39 Å². The average molecular weight is 317 g/mol. The van der Waals surface area contributed by atoms with E-state index in [2.05, 4.69) is 20.8 Å². The molecule has 0 bridgehead atoms. The van der Waals surface area contributed by atoms with Gasteiger partial charge in [-0.3, -0.25) is 10.1 Å². The zero-order valence-electron chi connectivity index (χ0n) is 10.7. The van der Waals surface area contributed by atoms with E-state index in [1.165, 1.54) is 23.5 Å². The van der Waals surface area contributed by atoms with Crippen LogP contribution < -0.4 is 10.6 Å². The highest BCUT2D eigenvalue weighted by atomic mass is 35.5. The van der Waals surface area contributed by atoms with Gasteiger partial charge >= 0.3 is 0 Å². The van der Waals surface area contributed by atoms with Crippen LogP contribution in [-0.2, 0) is 11.2 Å². The smallest absolute Gasteiger partial charge is 0.240 e. The maximum Gasteiger partial charge on any atom is 0.240 e. The molecule has 108 valence electrons. The predicted octanol–water partition coefficient (Wildman–Crippen LogP) is 1.85. The van der Waals surface area contributed by atoms with Crippen LogP contribution in [0.1, 0.15) is 10.6 Å². The summed E-state index contributed by atoms with van der Waals surface area (Å²) in [5, 5.41) is 14.4. The summed E-state index contributed by atoms with van der Waals surface area (Å²) in [5.74, 6) is -0.444. The SMILES string of the molecule is CNCC(=O)Nc1nnc(Cc2cccc(F)c2)s1.Cl. The number of halogens is 2. The number of carbonyl (C=O) groups excluding carboxylic acids is 1. The number of benzene rings is 1. The molecule has 0 spiro atoms. The van der Waals surface area contributed by atoms with Gasteiger partial charge in [-0.2, -0.15) is 0 Å². The van der Waals surface area contributed by atoms with E-state index in [1.807, 2.05) is 6.07 Å². The summed E-state index contributed by atoms with van der Waals surface area (Å²) in [6, 6.07) is 6.33. The molecule has 0 unspecified atom stereocenters. The molecule has 1 aromatic heterocycles. The Kier molecular flexibility index (Phi) is 6.50. The Hall–Kier alpha value is -1.57. The largest absolute Gasteiger partial charge is 0.311 e. The van der Waals surface area contributed by atoms with Gasteiger partial charge in [0, 0.05) is 6.42 Å². The minimum absolute atomic E-state index is 0. The van der Waals surface area contributed by atoms with E-state index in [0.717, 1.165) is 10.6 Å². The van der Waals surface area contributed by atoms with Crippen LogP contribution >= 0.6 is 23.7 Å². The first-order valence-corrected chi connectivity index (χ1v) is 6.50. The van der Waals surface area contributed by atoms with Crippen molar-refractivity contribution in [3.63, 3.8) is 0 Å². The van der Waals surface area contributed by atoms with Crippen molar-refractivity contribution in [3.8, 4) is 0 Å². The van der Waals surface area contributed by atoms with Crippen LogP contribution in [0.5, 0.6) is 0 Å². The number of likely N-dealkylation sites (N-methyl/N-ethyl adjacent to an activating group) is 1. The monoisotopic (exact) mass is 316 g/mol. The van der Waals surface area contributed by atoms with Crippen molar-refractivity contribution in [2.45, 2.75) is 6.42 Å². The highest BCUT2D eigenvalue weighted by molar-refractivity contribution is 7.15. The summed E-state index contributed by atoms with van der Waals surface area (Å²) in [5.41, 5.74) is 0.823. The van der Waals surface area contributed by atoms with Gasteiger partial charge in [0.1, 0.15) is 10.8 Å². The van der Waals surface area contributed by atoms with Gasteiger partial charge in [0.15, 0.2) is 0 Å². The van der Waals surface area contributed by atoms with Crippen LogP contribution in [0, 0.1) is 5.82 Å². The maximum atomic E-state index is 13.0. The number of rotatable bonds is 5. The lowest BCUT2D eigenvalue weighted by molar-refractivity contribution is -0.115. The Balaban J connectivity index is 0.00000200. The maximum absolute atomic E-state index is 13.0. The molecule has 5 nitrogen and oxygen atoms in total. The van der Waals surface area contributed by atoms with Gasteiger partial charge in [0.2, 0.25) is 11.0 Å². The number of aromatic nitrogens is 2. The topological polar surface area (TPSA) is 66.9 Å². The third-order valence-corrected chi connectivity index (χ3v) is 3.13. The number of carbonyl (C=O) groups is 1. The van der Waals surface area contributed by atoms with E-state index in [1.54, 1.807) is 13.1 Å². The number of hydrogen-bond donors (Lipinski definition) is 2. The highest BCUT2D eigenvalue weighted by Crippen LogP contribution is 2.18. The molecule has 0 radical (unpaired) electrons. The van der Waals surface area contributed by atoms with E-state index in [9.17, 15) is 9.18 Å². The molecule has 0 aliphatic rings. The summed E-state index contributed by atoms with van der Waals surface area (Å²) < 4.78 is 13.0. The minimum Gasteiger partial charge on any atom is -0.311 e. The fraction of sp³-hybridized carbons (Fsp3) is 0.250. The normalized spacial score (nSPS) is 9.90. The summed E-state index contributed by atoms with van der Waals surface area (Å²) in [4.78, 5) is 11.3. The molecule has 2 rings (SSSR count). The molecule has 0 aliphatic heterocycles. The van der Waals surface area contributed by atoms with Crippen molar-refractivity contribution < 1.29 is 9.18 Å². The van der Waals surface area contributed by atoms with Crippen LogP contribution in [0.15, 0.2) is 24.3 Å². The van der Waals surface area contributed by atoms with Gasteiger partial charge in [-0.15, -0.1) is 22.6 Å². The second-order valence-corrected chi connectivity index (χ2v) is 4.95. The Morgan fingerprint density at radius 1 is 1.40 bits per heavy atom. The quantitative estimate of drug-likeness (QED) is 0.883. The van der Waals surface area contributed by atoms with E-state index in [4.69, 9.17) is 0 Å². The predicted molar refractivity (Wildman–Crippen MR) is 78.9 cm³/mol. The second kappa shape index (κ2) is 7.88. The van der Waals surface area contributed by atoms with Crippen molar-refractivity contribution in [2.24, 2.45) is 0 Å². The third-order valence-electron chi connectivity index (χ3n) is 2.29. The summed E-state index contributed by atoms with van der Waals surface area (Å²) in [6.45, 7) is 0.221. The molecular formula is C12H14ClFN4OS. The van der Waals surface area contributed by atoms with Gasteiger partial charge < -0.3 is 5.32 Å². The average Bonchev–Trinajstić information content (AvgIpc) is 2.76. The molecule has 0 saturated heterocycles. The number of nitrogens with one attached hydrogen (secondary N) is 2. The fourth-order valence-corrected chi connectivity index (χ4v) is 2.31. The first-order valence-electron chi connectivity index (χ1n) is 5.68. The number of anilines is 1. The lowest BCUT2D eigenvalue weighted by Crippen LogP contribution is -2.24. The summed E-state index contributed by atoms with van der Waals surface area (Å²) in [7, 11) is 1.69. The number of amides is 1. The van der Waals surface area contributed by atoms with E-state index < -0.39 is 0 Å². The van der Waals surface area contributed by atoms with Crippen molar-refractivity contribution in [1.29, 1.82) is 0 Å². The summed E-state index contributed by atoms with van der Waals surface area (Å²) in [6.07, 6.45) is 0.497. The zero-order valence-corrected chi connectivity index (χ0v) is 12.4. The van der Waals surface area contributed by atoms with Crippen LogP contribution in [0.2, 0.25) is 0 Å². The molecule has 2 aromatic rings. The molecule has 2 N–H and O–H groups in total. The van der Waals surface area contributed by atoms with Gasteiger partial charge in [-0.1, -0.05) is 23.5 Å². The van der Waals surface area contributed by atoms with Crippen molar-refractivity contribution >= 4 is 34.8 Å². The lowest BCUT2D eigenvalue weighted by Gasteiger charge is -1.98. The Morgan fingerprint density at radius 3 is 2.90 bits per heavy atom. The lowest BCUT2D eigenvalue weighted by atomic mass is 10.1. The van der Waals surface area contributed by atoms with Crippen LogP contribution in [0.3, 0.4) is 0 Å². The fourth-order valence-electron chi connectivity index (χ4n) is 1.52. The van der Waals surface area contributed by atoms with Gasteiger partial charge in [0.05, 0.1) is 6.54 Å². The first kappa shape index (κ1) is 16.5. The number of nitrogens with zero attached hydrogens (tertiary/aromatic N) is 2. The van der Waals surface area contributed by atoms with E-state index >= 15 is 0 Å². The molecule has 1 aromatic carbocycles. The number of hydrogen-bond acceptors (Lipinski definition) is 5. The third kappa shape index (κ3) is 4.84. The standard InChI is InChI=1S/C12H13FN4OS.ClH/c1-14-7-10(18)15-12-17-16-11(19-12)6-8-3-2-4-9(13)5-8;/h2-5,14H,6-7H2,1H3,(H,15,17,18);1H. The van der Waals surface area contributed by atoms with Crippen molar-refractivity contribution in [3.05, 3.63) is 40.7 Å². The zero-order chi connectivity index (χ0) is 13.7. The molecule has 0 saturated carbocycles. The molecule has 1 amide bonds. The molecule has 0 atom stereocenters. The minimum atomic E-state index is -0.274. The van der Waals surface area contributed by atoms with E-state index in [0.29, 0.717) is 11.6 Å². The second-order valence-electron chi connectivity index (χ2n) is 3.89. The Morgan fingerprint density at radius 2 is 2.20 bits per heavy atom. The molecule has 1 heterocycles. The van der Waals surface area contributed by atoms with Gasteiger partial charge in [-0.05, 0) is 24.7 Å². The van der Waals surface area contributed by atoms with Crippen LogP contribution in [0.25, 0.3) is 0 Å². The molecule has 0 fully saturated rings. The molecule has 20 heavy (non-hydrogen) atoms. The van der Waals surface area contributed by atoms with E-state index in [-0.39, 0.29) is 30.7 Å². The van der Waals surface area contributed by atoms with Crippen LogP contribution in [0.4, 0.5) is 9.52 Å². The Labute approximate surface area is 126 Å². The Bertz CT molecular complexity index is 578. The molecule has 0 aliphatic carbocycles. The summed E-state index contributed by atoms with van der Waals surface area (Å²) >= 11 is 1.28. The van der Waals surface area contributed by atoms with Gasteiger partial charge in [0.25, 0.3) is 0 Å². The highest BCUT2D eigenvalue weighted by Gasteiger charge is 2.08. The van der Waals surface area contributed by atoms with Crippen molar-refractivity contribution in [2.75, 3.05) is 18.9 Å². The molecular weight excluding hydrogens is 303 g/mol. The van der Waals surface area contributed by atoms with Crippen LogP contribution in [-0.4, -0.2) is 29.7 Å².